The average molecular weight is 220 g/mol. The molecule has 4 atom stereocenters. The molecular weight excluding hydrogens is 204 g/mol. The third-order valence-electron chi connectivity index (χ3n) is 2.20. The van der Waals surface area contributed by atoms with Gasteiger partial charge in [-0.2, -0.15) is 0 Å². The maximum Gasteiger partial charge on any atom is 0.305 e. The van der Waals surface area contributed by atoms with E-state index in [-0.39, 0.29) is 12.6 Å². The molecule has 0 saturated carbocycles. The van der Waals surface area contributed by atoms with E-state index in [1.807, 2.05) is 6.92 Å². The molecule has 6 nitrogen and oxygen atoms in total. The topological polar surface area (TPSA) is 96.2 Å². The number of hydrogen-bond donors (Lipinski definition) is 3. The zero-order valence-electron chi connectivity index (χ0n) is 8.50. The van der Waals surface area contributed by atoms with Gasteiger partial charge in [0.25, 0.3) is 0 Å². The van der Waals surface area contributed by atoms with E-state index in [2.05, 4.69) is 0 Å². The van der Waals surface area contributed by atoms with E-state index in [9.17, 15) is 9.90 Å². The first-order chi connectivity index (χ1) is 7.06. The second-order valence-electron chi connectivity index (χ2n) is 3.48. The van der Waals surface area contributed by atoms with Crippen molar-refractivity contribution in [3.05, 3.63) is 0 Å². The van der Waals surface area contributed by atoms with Crippen molar-refractivity contribution in [2.75, 3.05) is 6.61 Å². The lowest BCUT2D eigenvalue weighted by molar-refractivity contribution is -0.157. The van der Waals surface area contributed by atoms with Gasteiger partial charge < -0.3 is 24.8 Å². The van der Waals surface area contributed by atoms with E-state index < -0.39 is 24.6 Å². The predicted molar refractivity (Wildman–Crippen MR) is 48.8 cm³/mol. The summed E-state index contributed by atoms with van der Waals surface area (Å²) in [6, 6.07) is 0. The highest BCUT2D eigenvalue weighted by Crippen LogP contribution is 2.19. The molecule has 1 unspecified atom stereocenters. The molecule has 1 aliphatic rings. The fourth-order valence-corrected chi connectivity index (χ4v) is 1.32. The molecule has 3 N–H and O–H groups in total. The quantitative estimate of drug-likeness (QED) is 0.513. The number of rotatable bonds is 4. The monoisotopic (exact) mass is 220 g/mol. The van der Waals surface area contributed by atoms with Crippen LogP contribution in [0.3, 0.4) is 0 Å². The molecule has 1 saturated heterocycles. The molecule has 88 valence electrons. The van der Waals surface area contributed by atoms with E-state index in [0.717, 1.165) is 0 Å². The van der Waals surface area contributed by atoms with Crippen LogP contribution in [0, 0.1) is 0 Å². The van der Waals surface area contributed by atoms with Gasteiger partial charge in [0.05, 0.1) is 0 Å². The highest BCUT2D eigenvalue weighted by atomic mass is 16.7. The molecule has 0 aromatic rings. The van der Waals surface area contributed by atoms with Crippen LogP contribution in [0.2, 0.25) is 0 Å². The summed E-state index contributed by atoms with van der Waals surface area (Å²) in [5.41, 5.74) is 0. The standard InChI is InChI=1S/C9H16O6/c1-2-3-6(10)14-4-5-7(11)8(12)9(13)15-5/h5,7-9,11-13H,2-4H2,1H3/t5-,7-,8+,9?/m0/s1. The fourth-order valence-electron chi connectivity index (χ4n) is 1.32. The molecule has 1 rings (SSSR count). The van der Waals surface area contributed by atoms with Crippen molar-refractivity contribution >= 4 is 5.97 Å². The second-order valence-corrected chi connectivity index (χ2v) is 3.48. The van der Waals surface area contributed by atoms with E-state index in [4.69, 9.17) is 19.7 Å². The molecule has 6 heteroatoms. The van der Waals surface area contributed by atoms with Crippen molar-refractivity contribution < 1.29 is 29.6 Å². The van der Waals surface area contributed by atoms with Gasteiger partial charge in [-0.05, 0) is 6.42 Å². The van der Waals surface area contributed by atoms with Crippen molar-refractivity contribution in [2.24, 2.45) is 0 Å². The molecule has 1 heterocycles. The summed E-state index contributed by atoms with van der Waals surface area (Å²) < 4.78 is 9.58. The van der Waals surface area contributed by atoms with Crippen molar-refractivity contribution in [2.45, 2.75) is 44.4 Å². The molecule has 0 spiro atoms. The molecule has 0 bridgehead atoms. The van der Waals surface area contributed by atoms with Gasteiger partial charge in [0.2, 0.25) is 0 Å². The summed E-state index contributed by atoms with van der Waals surface area (Å²) in [7, 11) is 0. The molecule has 1 aliphatic heterocycles. The molecule has 0 aliphatic carbocycles. The van der Waals surface area contributed by atoms with E-state index in [1.54, 1.807) is 0 Å². The summed E-state index contributed by atoms with van der Waals surface area (Å²) in [5.74, 6) is -0.385. The first-order valence-electron chi connectivity index (χ1n) is 4.91. The highest BCUT2D eigenvalue weighted by molar-refractivity contribution is 5.69. The lowest BCUT2D eigenvalue weighted by atomic mass is 10.1. The van der Waals surface area contributed by atoms with E-state index in [1.165, 1.54) is 0 Å². The number of carbonyl (C=O) groups excluding carboxylic acids is 1. The van der Waals surface area contributed by atoms with Crippen LogP contribution >= 0.6 is 0 Å². The Balaban J connectivity index is 2.31. The highest BCUT2D eigenvalue weighted by Gasteiger charge is 2.42. The first-order valence-corrected chi connectivity index (χ1v) is 4.91. The van der Waals surface area contributed by atoms with Crippen molar-refractivity contribution in [1.29, 1.82) is 0 Å². The van der Waals surface area contributed by atoms with Crippen LogP contribution in [0.1, 0.15) is 19.8 Å². The number of aliphatic hydroxyl groups excluding tert-OH is 3. The molecule has 0 radical (unpaired) electrons. The maximum absolute atomic E-state index is 11.0. The minimum Gasteiger partial charge on any atom is -0.463 e. The van der Waals surface area contributed by atoms with Crippen LogP contribution in [0.5, 0.6) is 0 Å². The van der Waals surface area contributed by atoms with Crippen LogP contribution in [0.25, 0.3) is 0 Å². The first kappa shape index (κ1) is 12.4. The minimum atomic E-state index is -1.42. The maximum atomic E-state index is 11.0. The Morgan fingerprint density at radius 1 is 1.33 bits per heavy atom. The number of carbonyl (C=O) groups is 1. The lowest BCUT2D eigenvalue weighted by Crippen LogP contribution is -2.34. The number of aliphatic hydroxyl groups is 3. The van der Waals surface area contributed by atoms with E-state index in [0.29, 0.717) is 12.8 Å². The Kier molecular flexibility index (Phi) is 4.46. The van der Waals surface area contributed by atoms with Gasteiger partial charge >= 0.3 is 5.97 Å². The molecule has 0 amide bonds. The third-order valence-corrected chi connectivity index (χ3v) is 2.20. The molecule has 1 fully saturated rings. The van der Waals surface area contributed by atoms with Crippen molar-refractivity contribution in [3.8, 4) is 0 Å². The smallest absolute Gasteiger partial charge is 0.305 e. The zero-order chi connectivity index (χ0) is 11.4. The Morgan fingerprint density at radius 3 is 2.47 bits per heavy atom. The van der Waals surface area contributed by atoms with Crippen LogP contribution in [0.15, 0.2) is 0 Å². The summed E-state index contributed by atoms with van der Waals surface area (Å²) >= 11 is 0. The lowest BCUT2D eigenvalue weighted by Gasteiger charge is -2.13. The summed E-state index contributed by atoms with van der Waals surface area (Å²) in [6.07, 6.45) is -3.88. The fraction of sp³-hybridized carbons (Fsp3) is 0.889. The van der Waals surface area contributed by atoms with Crippen LogP contribution in [-0.4, -0.2) is 52.5 Å². The number of hydrogen-bond acceptors (Lipinski definition) is 6. The van der Waals surface area contributed by atoms with Crippen molar-refractivity contribution in [1.82, 2.24) is 0 Å². The SMILES string of the molecule is CCCC(=O)OC[C@@H]1OC(O)[C@H](O)[C@H]1O. The number of ether oxygens (including phenoxy) is 2. The largest absolute Gasteiger partial charge is 0.463 e. The van der Waals surface area contributed by atoms with Crippen molar-refractivity contribution in [3.63, 3.8) is 0 Å². The van der Waals surface area contributed by atoms with Gasteiger partial charge in [-0.25, -0.2) is 0 Å². The van der Waals surface area contributed by atoms with Crippen LogP contribution in [0.4, 0.5) is 0 Å². The van der Waals surface area contributed by atoms with Crippen LogP contribution < -0.4 is 0 Å². The van der Waals surface area contributed by atoms with E-state index >= 15 is 0 Å². The molecule has 0 aromatic heterocycles. The van der Waals surface area contributed by atoms with Gasteiger partial charge in [-0.1, -0.05) is 6.92 Å². The third kappa shape index (κ3) is 3.13. The molecule has 0 aromatic carbocycles. The summed E-state index contributed by atoms with van der Waals surface area (Å²) in [4.78, 5) is 11.0. The summed E-state index contributed by atoms with van der Waals surface area (Å²) in [6.45, 7) is 1.68. The van der Waals surface area contributed by atoms with Gasteiger partial charge in [0.1, 0.15) is 24.9 Å². The predicted octanol–water partition coefficient (Wildman–Crippen LogP) is -1.23. The van der Waals surface area contributed by atoms with Gasteiger partial charge in [-0.15, -0.1) is 0 Å². The summed E-state index contributed by atoms with van der Waals surface area (Å²) in [5, 5.41) is 27.5. The Bertz CT molecular complexity index is 219. The minimum absolute atomic E-state index is 0.159. The molecular formula is C9H16O6. The zero-order valence-corrected chi connectivity index (χ0v) is 8.50. The van der Waals surface area contributed by atoms with Crippen LogP contribution in [-0.2, 0) is 14.3 Å². The molecule has 15 heavy (non-hydrogen) atoms. The Labute approximate surface area is 87.4 Å². The second kappa shape index (κ2) is 5.41. The number of esters is 1. The van der Waals surface area contributed by atoms with Gasteiger partial charge in [0.15, 0.2) is 6.29 Å². The van der Waals surface area contributed by atoms with Gasteiger partial charge in [0, 0.05) is 6.42 Å². The Morgan fingerprint density at radius 2 is 2.00 bits per heavy atom. The normalized spacial score (nSPS) is 35.5. The van der Waals surface area contributed by atoms with Gasteiger partial charge in [-0.3, -0.25) is 4.79 Å². The average Bonchev–Trinajstić information content (AvgIpc) is 2.43. The Hall–Kier alpha value is -0.690.